The van der Waals surface area contributed by atoms with E-state index in [4.69, 9.17) is 4.74 Å². The topological polar surface area (TPSA) is 76.2 Å². The highest BCUT2D eigenvalue weighted by molar-refractivity contribution is 9.10. The van der Waals surface area contributed by atoms with Gasteiger partial charge >= 0.3 is 0 Å². The summed E-state index contributed by atoms with van der Waals surface area (Å²) in [4.78, 5) is 10.5. The first-order valence-electron chi connectivity index (χ1n) is 9.80. The van der Waals surface area contributed by atoms with E-state index in [1.54, 1.807) is 12.1 Å². The average molecular weight is 485 g/mol. The van der Waals surface area contributed by atoms with E-state index in [-0.39, 0.29) is 12.3 Å². The SMILES string of the molecule is N#CC(=Cc1ccc(OCc2cccc([N+](=O)[O-])c2)c(Br)c1)c1ccc2ccccc2c1. The summed E-state index contributed by atoms with van der Waals surface area (Å²) < 4.78 is 6.55. The molecular weight excluding hydrogens is 468 g/mol. The van der Waals surface area contributed by atoms with E-state index in [2.05, 4.69) is 22.0 Å². The van der Waals surface area contributed by atoms with Crippen LogP contribution in [0.15, 0.2) is 89.4 Å². The number of halogens is 1. The Hall–Kier alpha value is -3.95. The molecule has 0 bridgehead atoms. The van der Waals surface area contributed by atoms with Crippen molar-refractivity contribution in [1.82, 2.24) is 0 Å². The molecule has 0 aliphatic carbocycles. The summed E-state index contributed by atoms with van der Waals surface area (Å²) in [5, 5.41) is 22.8. The number of ether oxygens (including phenoxy) is 1. The summed E-state index contributed by atoms with van der Waals surface area (Å²) in [6, 6.07) is 28.2. The molecule has 0 radical (unpaired) electrons. The molecule has 0 saturated carbocycles. The first-order valence-corrected chi connectivity index (χ1v) is 10.6. The molecule has 0 aromatic heterocycles. The molecule has 0 N–H and O–H groups in total. The van der Waals surface area contributed by atoms with E-state index < -0.39 is 4.92 Å². The number of nitriles is 1. The van der Waals surface area contributed by atoms with Crippen LogP contribution >= 0.6 is 15.9 Å². The molecule has 4 aromatic carbocycles. The first-order chi connectivity index (χ1) is 15.5. The van der Waals surface area contributed by atoms with Crippen molar-refractivity contribution in [2.45, 2.75) is 6.61 Å². The average Bonchev–Trinajstić information content (AvgIpc) is 2.82. The van der Waals surface area contributed by atoms with Crippen molar-refractivity contribution in [3.8, 4) is 11.8 Å². The van der Waals surface area contributed by atoms with Gasteiger partial charge in [-0.05, 0) is 67.7 Å². The fourth-order valence-electron chi connectivity index (χ4n) is 3.35. The molecule has 0 unspecified atom stereocenters. The van der Waals surface area contributed by atoms with Crippen LogP contribution in [-0.4, -0.2) is 4.92 Å². The van der Waals surface area contributed by atoms with E-state index in [0.29, 0.717) is 16.9 Å². The van der Waals surface area contributed by atoms with Crippen molar-refractivity contribution in [2.24, 2.45) is 0 Å². The van der Waals surface area contributed by atoms with Gasteiger partial charge in [0.1, 0.15) is 12.4 Å². The third kappa shape index (κ3) is 4.85. The molecule has 0 heterocycles. The van der Waals surface area contributed by atoms with E-state index in [1.807, 2.05) is 66.7 Å². The highest BCUT2D eigenvalue weighted by Gasteiger charge is 2.08. The number of nitrogens with zero attached hydrogens (tertiary/aromatic N) is 2. The Morgan fingerprint density at radius 3 is 2.56 bits per heavy atom. The fraction of sp³-hybridized carbons (Fsp3) is 0.0385. The molecule has 5 nitrogen and oxygen atoms in total. The standard InChI is InChI=1S/C26H17BrN2O3/c27-25-14-18(8-11-26(25)32-17-19-4-3-7-24(13-19)29(30)31)12-23(16-28)22-10-9-20-5-1-2-6-21(20)15-22/h1-15H,17H2. The third-order valence-corrected chi connectivity index (χ3v) is 5.58. The molecule has 0 saturated heterocycles. The Morgan fingerprint density at radius 2 is 1.81 bits per heavy atom. The molecule has 32 heavy (non-hydrogen) atoms. The van der Waals surface area contributed by atoms with Gasteiger partial charge in [0.15, 0.2) is 0 Å². The highest BCUT2D eigenvalue weighted by atomic mass is 79.9. The Bertz CT molecular complexity index is 1390. The third-order valence-electron chi connectivity index (χ3n) is 4.96. The van der Waals surface area contributed by atoms with Crippen LogP contribution in [0, 0.1) is 21.4 Å². The Morgan fingerprint density at radius 1 is 1.00 bits per heavy atom. The summed E-state index contributed by atoms with van der Waals surface area (Å²) in [5.41, 5.74) is 3.01. The molecule has 0 spiro atoms. The maximum Gasteiger partial charge on any atom is 0.269 e. The highest BCUT2D eigenvalue weighted by Crippen LogP contribution is 2.29. The van der Waals surface area contributed by atoms with Crippen LogP contribution < -0.4 is 4.74 Å². The molecule has 6 heteroatoms. The lowest BCUT2D eigenvalue weighted by Gasteiger charge is -2.09. The molecule has 0 aliphatic rings. The summed E-state index contributed by atoms with van der Waals surface area (Å²) in [5.74, 6) is 0.609. The molecule has 0 aliphatic heterocycles. The second kappa shape index (κ2) is 9.46. The van der Waals surface area contributed by atoms with E-state index >= 15 is 0 Å². The number of benzene rings is 4. The van der Waals surface area contributed by atoms with Gasteiger partial charge < -0.3 is 4.74 Å². The fourth-order valence-corrected chi connectivity index (χ4v) is 3.86. The van der Waals surface area contributed by atoms with Gasteiger partial charge in [0.2, 0.25) is 0 Å². The Labute approximate surface area is 193 Å². The molecular formula is C26H17BrN2O3. The molecule has 4 aromatic rings. The number of fused-ring (bicyclic) bond motifs is 1. The predicted molar refractivity (Wildman–Crippen MR) is 129 cm³/mol. The van der Waals surface area contributed by atoms with Gasteiger partial charge in [-0.1, -0.05) is 54.6 Å². The van der Waals surface area contributed by atoms with Crippen molar-refractivity contribution < 1.29 is 9.66 Å². The van der Waals surface area contributed by atoms with Crippen molar-refractivity contribution in [3.63, 3.8) is 0 Å². The largest absolute Gasteiger partial charge is 0.488 e. The molecule has 0 fully saturated rings. The van der Waals surface area contributed by atoms with E-state index in [1.165, 1.54) is 12.1 Å². The molecule has 4 rings (SSSR count). The number of non-ortho nitro benzene ring substituents is 1. The van der Waals surface area contributed by atoms with Gasteiger partial charge in [-0.25, -0.2) is 0 Å². The minimum Gasteiger partial charge on any atom is -0.488 e. The number of allylic oxidation sites excluding steroid dienone is 1. The van der Waals surface area contributed by atoms with Gasteiger partial charge in [0.05, 0.1) is 21.0 Å². The summed E-state index contributed by atoms with van der Waals surface area (Å²) >= 11 is 3.51. The number of nitro groups is 1. The minimum absolute atomic E-state index is 0.0309. The summed E-state index contributed by atoms with van der Waals surface area (Å²) in [6.07, 6.45) is 1.83. The smallest absolute Gasteiger partial charge is 0.269 e. The maximum atomic E-state index is 10.9. The lowest BCUT2D eigenvalue weighted by atomic mass is 10.0. The van der Waals surface area contributed by atoms with Crippen molar-refractivity contribution in [1.29, 1.82) is 5.26 Å². The zero-order valence-corrected chi connectivity index (χ0v) is 18.5. The predicted octanol–water partition coefficient (Wildman–Crippen LogP) is 7.15. The Kier molecular flexibility index (Phi) is 6.29. The van der Waals surface area contributed by atoms with Crippen LogP contribution in [0.1, 0.15) is 16.7 Å². The van der Waals surface area contributed by atoms with E-state index in [9.17, 15) is 15.4 Å². The lowest BCUT2D eigenvalue weighted by Crippen LogP contribution is -1.97. The summed E-state index contributed by atoms with van der Waals surface area (Å²) in [7, 11) is 0. The Balaban J connectivity index is 1.54. The first kappa shape index (κ1) is 21.3. The van der Waals surface area contributed by atoms with Crippen LogP contribution in [0.2, 0.25) is 0 Å². The summed E-state index contributed by atoms with van der Waals surface area (Å²) in [6.45, 7) is 0.204. The van der Waals surface area contributed by atoms with Crippen LogP contribution in [0.3, 0.4) is 0 Å². The molecule has 0 amide bonds. The van der Waals surface area contributed by atoms with Crippen molar-refractivity contribution in [2.75, 3.05) is 0 Å². The van der Waals surface area contributed by atoms with Gasteiger partial charge in [-0.2, -0.15) is 5.26 Å². The van der Waals surface area contributed by atoms with Crippen molar-refractivity contribution in [3.05, 3.63) is 116 Å². The second-order valence-electron chi connectivity index (χ2n) is 7.14. The zero-order valence-electron chi connectivity index (χ0n) is 16.9. The van der Waals surface area contributed by atoms with Gasteiger partial charge in [-0.3, -0.25) is 10.1 Å². The number of hydrogen-bond acceptors (Lipinski definition) is 4. The van der Waals surface area contributed by atoms with Gasteiger partial charge in [0.25, 0.3) is 5.69 Å². The van der Waals surface area contributed by atoms with E-state index in [0.717, 1.165) is 26.4 Å². The van der Waals surface area contributed by atoms with Gasteiger partial charge in [0, 0.05) is 12.1 Å². The zero-order chi connectivity index (χ0) is 22.5. The molecule has 0 atom stereocenters. The second-order valence-corrected chi connectivity index (χ2v) is 7.99. The van der Waals surface area contributed by atoms with Crippen LogP contribution in [0.4, 0.5) is 5.69 Å². The quantitative estimate of drug-likeness (QED) is 0.126. The molecule has 156 valence electrons. The number of hydrogen-bond donors (Lipinski definition) is 0. The normalized spacial score (nSPS) is 11.2. The van der Waals surface area contributed by atoms with Crippen molar-refractivity contribution >= 4 is 44.0 Å². The van der Waals surface area contributed by atoms with Crippen LogP contribution in [0.25, 0.3) is 22.4 Å². The number of nitro benzene ring substituents is 1. The number of rotatable bonds is 6. The lowest BCUT2D eigenvalue weighted by molar-refractivity contribution is -0.384. The van der Waals surface area contributed by atoms with Crippen LogP contribution in [-0.2, 0) is 6.61 Å². The van der Waals surface area contributed by atoms with Gasteiger partial charge in [-0.15, -0.1) is 0 Å². The maximum absolute atomic E-state index is 10.9. The van der Waals surface area contributed by atoms with Crippen LogP contribution in [0.5, 0.6) is 5.75 Å². The monoisotopic (exact) mass is 484 g/mol. The minimum atomic E-state index is -0.428.